The number of rotatable bonds is 7. The molecule has 2 amide bonds. The van der Waals surface area contributed by atoms with Gasteiger partial charge in [-0.15, -0.1) is 0 Å². The van der Waals surface area contributed by atoms with Crippen molar-refractivity contribution in [2.45, 2.75) is 13.5 Å². The van der Waals surface area contributed by atoms with Crippen LogP contribution in [0.4, 0.5) is 5.69 Å². The SMILES string of the molecule is COc1cc(C(C)=NNC(=O)C(=O)Nc2ccc(Br)cc2)ccc1OCc1ccccc1Cl. The normalized spacial score (nSPS) is 11.0. The molecule has 0 fully saturated rings. The van der Waals surface area contributed by atoms with E-state index in [4.69, 9.17) is 21.1 Å². The summed E-state index contributed by atoms with van der Waals surface area (Å²) in [6.07, 6.45) is 0. The molecule has 2 N–H and O–H groups in total. The number of halogens is 2. The molecule has 0 aromatic heterocycles. The van der Waals surface area contributed by atoms with Gasteiger partial charge in [0.15, 0.2) is 11.5 Å². The first-order valence-corrected chi connectivity index (χ1v) is 11.0. The second-order valence-corrected chi connectivity index (χ2v) is 8.17. The number of carbonyl (C=O) groups excluding carboxylic acids is 2. The van der Waals surface area contributed by atoms with E-state index < -0.39 is 11.8 Å². The van der Waals surface area contributed by atoms with Gasteiger partial charge in [-0.1, -0.05) is 45.7 Å². The lowest BCUT2D eigenvalue weighted by Crippen LogP contribution is -2.32. The fourth-order valence-electron chi connectivity index (χ4n) is 2.75. The Morgan fingerprint density at radius 2 is 1.73 bits per heavy atom. The van der Waals surface area contributed by atoms with Crippen LogP contribution in [0.3, 0.4) is 0 Å². The maximum Gasteiger partial charge on any atom is 0.329 e. The first-order chi connectivity index (χ1) is 15.9. The Bertz CT molecular complexity index is 1180. The minimum absolute atomic E-state index is 0.284. The lowest BCUT2D eigenvalue weighted by molar-refractivity contribution is -0.136. The molecule has 9 heteroatoms. The average molecular weight is 531 g/mol. The number of hydrazone groups is 1. The molecular weight excluding hydrogens is 510 g/mol. The highest BCUT2D eigenvalue weighted by molar-refractivity contribution is 9.10. The number of amides is 2. The number of nitrogens with zero attached hydrogens (tertiary/aromatic N) is 1. The predicted octanol–water partition coefficient (Wildman–Crippen LogP) is 5.17. The molecule has 33 heavy (non-hydrogen) atoms. The lowest BCUT2D eigenvalue weighted by atomic mass is 10.1. The minimum Gasteiger partial charge on any atom is -0.493 e. The smallest absolute Gasteiger partial charge is 0.329 e. The maximum absolute atomic E-state index is 12.1. The van der Waals surface area contributed by atoms with Gasteiger partial charge in [0.25, 0.3) is 0 Å². The molecule has 0 heterocycles. The Hall–Kier alpha value is -3.36. The fraction of sp³-hybridized carbons (Fsp3) is 0.125. The lowest BCUT2D eigenvalue weighted by Gasteiger charge is -2.13. The second kappa shape index (κ2) is 11.5. The highest BCUT2D eigenvalue weighted by atomic mass is 79.9. The van der Waals surface area contributed by atoms with E-state index in [0.717, 1.165) is 10.0 Å². The van der Waals surface area contributed by atoms with Gasteiger partial charge in [0.05, 0.1) is 12.8 Å². The fourth-order valence-corrected chi connectivity index (χ4v) is 3.21. The molecule has 0 aliphatic carbocycles. The zero-order valence-corrected chi connectivity index (χ0v) is 20.2. The molecule has 0 aliphatic rings. The van der Waals surface area contributed by atoms with Gasteiger partial charge in [0, 0.05) is 26.3 Å². The minimum atomic E-state index is -0.885. The summed E-state index contributed by atoms with van der Waals surface area (Å²) in [4.78, 5) is 24.1. The number of methoxy groups -OCH3 is 1. The van der Waals surface area contributed by atoms with E-state index in [-0.39, 0.29) is 6.61 Å². The van der Waals surface area contributed by atoms with Gasteiger partial charge >= 0.3 is 11.8 Å². The zero-order valence-electron chi connectivity index (χ0n) is 17.9. The molecule has 0 saturated carbocycles. The summed E-state index contributed by atoms with van der Waals surface area (Å²) in [5, 5.41) is 7.14. The van der Waals surface area contributed by atoms with Crippen molar-refractivity contribution in [3.8, 4) is 11.5 Å². The molecule has 0 spiro atoms. The van der Waals surface area contributed by atoms with Crippen LogP contribution in [0.2, 0.25) is 5.02 Å². The van der Waals surface area contributed by atoms with Crippen LogP contribution < -0.4 is 20.2 Å². The first kappa shape index (κ1) is 24.3. The molecule has 7 nitrogen and oxygen atoms in total. The van der Waals surface area contributed by atoms with Crippen LogP contribution in [0.5, 0.6) is 11.5 Å². The van der Waals surface area contributed by atoms with Crippen LogP contribution in [0.15, 0.2) is 76.3 Å². The van der Waals surface area contributed by atoms with Gasteiger partial charge in [-0.05, 0) is 55.5 Å². The summed E-state index contributed by atoms with van der Waals surface area (Å²) in [6.45, 7) is 1.98. The van der Waals surface area contributed by atoms with E-state index in [9.17, 15) is 9.59 Å². The zero-order chi connectivity index (χ0) is 23.8. The number of benzene rings is 3. The van der Waals surface area contributed by atoms with Crippen molar-refractivity contribution in [3.63, 3.8) is 0 Å². The summed E-state index contributed by atoms with van der Waals surface area (Å²) < 4.78 is 12.1. The topological polar surface area (TPSA) is 89.0 Å². The van der Waals surface area contributed by atoms with Crippen LogP contribution in [0.1, 0.15) is 18.1 Å². The van der Waals surface area contributed by atoms with Crippen LogP contribution in [0, 0.1) is 0 Å². The average Bonchev–Trinajstić information content (AvgIpc) is 2.83. The number of ether oxygens (including phenoxy) is 2. The van der Waals surface area contributed by atoms with Crippen LogP contribution >= 0.6 is 27.5 Å². The van der Waals surface area contributed by atoms with Crippen molar-refractivity contribution in [2.75, 3.05) is 12.4 Å². The molecule has 0 unspecified atom stereocenters. The molecule has 0 atom stereocenters. The summed E-state index contributed by atoms with van der Waals surface area (Å²) in [6, 6.07) is 19.5. The first-order valence-electron chi connectivity index (χ1n) is 9.83. The summed E-state index contributed by atoms with van der Waals surface area (Å²) in [5.74, 6) is -0.681. The van der Waals surface area contributed by atoms with E-state index in [1.165, 1.54) is 7.11 Å². The van der Waals surface area contributed by atoms with Crippen LogP contribution in [0.25, 0.3) is 0 Å². The molecular formula is C24H21BrClN3O4. The molecule has 0 bridgehead atoms. The molecule has 0 saturated heterocycles. The second-order valence-electron chi connectivity index (χ2n) is 6.84. The van der Waals surface area contributed by atoms with Crippen LogP contribution in [-0.4, -0.2) is 24.6 Å². The highest BCUT2D eigenvalue weighted by Crippen LogP contribution is 2.30. The Kier molecular flexibility index (Phi) is 8.46. The largest absolute Gasteiger partial charge is 0.493 e. The quantitative estimate of drug-likeness (QED) is 0.251. The van der Waals surface area contributed by atoms with E-state index in [0.29, 0.717) is 33.5 Å². The van der Waals surface area contributed by atoms with Crippen molar-refractivity contribution in [1.29, 1.82) is 0 Å². The van der Waals surface area contributed by atoms with E-state index in [1.807, 2.05) is 18.2 Å². The molecule has 3 aromatic carbocycles. The predicted molar refractivity (Wildman–Crippen MR) is 132 cm³/mol. The van der Waals surface area contributed by atoms with Crippen molar-refractivity contribution in [2.24, 2.45) is 5.10 Å². The van der Waals surface area contributed by atoms with Crippen LogP contribution in [-0.2, 0) is 16.2 Å². The maximum atomic E-state index is 12.1. The molecule has 3 aromatic rings. The molecule has 0 radical (unpaired) electrons. The Labute approximate surface area is 204 Å². The number of hydrogen-bond donors (Lipinski definition) is 2. The van der Waals surface area contributed by atoms with Crippen molar-refractivity contribution in [1.82, 2.24) is 5.43 Å². The number of anilines is 1. The van der Waals surface area contributed by atoms with E-state index in [1.54, 1.807) is 55.5 Å². The molecule has 170 valence electrons. The molecule has 3 rings (SSSR count). The third kappa shape index (κ3) is 6.81. The van der Waals surface area contributed by atoms with Crippen molar-refractivity contribution < 1.29 is 19.1 Å². The summed E-state index contributed by atoms with van der Waals surface area (Å²) >= 11 is 9.48. The van der Waals surface area contributed by atoms with Gasteiger partial charge in [-0.2, -0.15) is 5.10 Å². The van der Waals surface area contributed by atoms with Gasteiger partial charge in [0.1, 0.15) is 6.61 Å². The van der Waals surface area contributed by atoms with E-state index >= 15 is 0 Å². The number of nitrogens with one attached hydrogen (secondary N) is 2. The third-order valence-corrected chi connectivity index (χ3v) is 5.45. The van der Waals surface area contributed by atoms with E-state index in [2.05, 4.69) is 31.8 Å². The van der Waals surface area contributed by atoms with Crippen molar-refractivity contribution >= 4 is 50.7 Å². The Balaban J connectivity index is 1.63. The van der Waals surface area contributed by atoms with Crippen molar-refractivity contribution in [3.05, 3.63) is 87.4 Å². The van der Waals surface area contributed by atoms with Gasteiger partial charge in [0.2, 0.25) is 0 Å². The molecule has 0 aliphatic heterocycles. The standard InChI is InChI=1S/C24H21BrClN3O4/c1-15(28-29-24(31)23(30)27-19-10-8-18(25)9-11-19)16-7-12-21(22(13-16)32-2)33-14-17-5-3-4-6-20(17)26/h3-13H,14H2,1-2H3,(H,27,30)(H,29,31). The third-order valence-electron chi connectivity index (χ3n) is 4.56. The number of carbonyl (C=O) groups is 2. The summed E-state index contributed by atoms with van der Waals surface area (Å²) in [7, 11) is 1.53. The Morgan fingerprint density at radius 1 is 1.00 bits per heavy atom. The Morgan fingerprint density at radius 3 is 2.42 bits per heavy atom. The summed E-state index contributed by atoms with van der Waals surface area (Å²) in [5.41, 5.74) is 4.78. The monoisotopic (exact) mass is 529 g/mol. The number of hydrogen-bond acceptors (Lipinski definition) is 5. The highest BCUT2D eigenvalue weighted by Gasteiger charge is 2.14. The van der Waals surface area contributed by atoms with Gasteiger partial charge in [-0.3, -0.25) is 9.59 Å². The van der Waals surface area contributed by atoms with Gasteiger partial charge in [-0.25, -0.2) is 5.43 Å². The van der Waals surface area contributed by atoms with Gasteiger partial charge < -0.3 is 14.8 Å².